The van der Waals surface area contributed by atoms with Gasteiger partial charge in [0.25, 0.3) is 0 Å². The Morgan fingerprint density at radius 1 is 1.00 bits per heavy atom. The molecule has 1 fully saturated rings. The summed E-state index contributed by atoms with van der Waals surface area (Å²) in [6.45, 7) is 1.39. The predicted octanol–water partition coefficient (Wildman–Crippen LogP) is 4.76. The van der Waals surface area contributed by atoms with Gasteiger partial charge >= 0.3 is 0 Å². The Balaban J connectivity index is 1.61. The van der Waals surface area contributed by atoms with Crippen molar-refractivity contribution in [1.29, 1.82) is 0 Å². The van der Waals surface area contributed by atoms with Crippen LogP contribution in [0.25, 0.3) is 11.3 Å². The molecule has 7 heteroatoms. The van der Waals surface area contributed by atoms with E-state index in [9.17, 15) is 8.78 Å². The van der Waals surface area contributed by atoms with Gasteiger partial charge in [0, 0.05) is 36.5 Å². The molecule has 1 aromatic heterocycles. The summed E-state index contributed by atoms with van der Waals surface area (Å²) in [5.74, 6) is -0.882. The summed E-state index contributed by atoms with van der Waals surface area (Å²) in [4.78, 5) is 9.05. The van der Waals surface area contributed by atoms with Gasteiger partial charge < -0.3 is 15.4 Å². The van der Waals surface area contributed by atoms with Crippen molar-refractivity contribution in [1.82, 2.24) is 9.97 Å². The summed E-state index contributed by atoms with van der Waals surface area (Å²) in [5.41, 5.74) is 2.05. The highest BCUT2D eigenvalue weighted by atomic mass is 19.2. The van der Waals surface area contributed by atoms with Crippen molar-refractivity contribution in [2.24, 2.45) is 0 Å². The molecule has 3 aromatic rings. The van der Waals surface area contributed by atoms with Crippen molar-refractivity contribution in [2.45, 2.75) is 18.9 Å². The molecule has 28 heavy (non-hydrogen) atoms. The fraction of sp³-hybridized carbons (Fsp3) is 0.238. The van der Waals surface area contributed by atoms with E-state index in [0.717, 1.165) is 42.8 Å². The Morgan fingerprint density at radius 3 is 2.61 bits per heavy atom. The number of nitrogens with zero attached hydrogens (tertiary/aromatic N) is 2. The molecular weight excluding hydrogens is 362 g/mol. The Labute approximate surface area is 161 Å². The first kappa shape index (κ1) is 18.3. The van der Waals surface area contributed by atoms with Crippen LogP contribution >= 0.6 is 0 Å². The lowest BCUT2D eigenvalue weighted by atomic mass is 10.1. The standard InChI is InChI=1S/C21H20F2N4O/c22-17-9-8-15(11-18(17)23)25-20-12-19(14-5-2-1-3-6-14)26-21(27-20)24-13-16-7-4-10-28-16/h1-3,5-6,8-9,11-12,16H,4,7,10,13H2,(H2,24,25,26,27). The van der Waals surface area contributed by atoms with Gasteiger partial charge in [-0.15, -0.1) is 0 Å². The maximum atomic E-state index is 13.5. The topological polar surface area (TPSA) is 59.1 Å². The third-order valence-corrected chi connectivity index (χ3v) is 4.50. The van der Waals surface area contributed by atoms with Crippen LogP contribution < -0.4 is 10.6 Å². The van der Waals surface area contributed by atoms with E-state index in [1.807, 2.05) is 30.3 Å². The molecule has 1 atom stereocenters. The lowest BCUT2D eigenvalue weighted by molar-refractivity contribution is 0.120. The number of anilines is 3. The van der Waals surface area contributed by atoms with Crippen LogP contribution in [0.4, 0.5) is 26.2 Å². The van der Waals surface area contributed by atoms with E-state index >= 15 is 0 Å². The highest BCUT2D eigenvalue weighted by Gasteiger charge is 2.16. The van der Waals surface area contributed by atoms with Gasteiger partial charge in [0.05, 0.1) is 11.8 Å². The summed E-state index contributed by atoms with van der Waals surface area (Å²) in [5, 5.41) is 6.24. The average Bonchev–Trinajstić information content (AvgIpc) is 3.23. The molecule has 0 radical (unpaired) electrons. The first-order chi connectivity index (χ1) is 13.7. The van der Waals surface area contributed by atoms with E-state index in [1.165, 1.54) is 6.07 Å². The number of rotatable bonds is 6. The second kappa shape index (κ2) is 8.31. The monoisotopic (exact) mass is 382 g/mol. The number of nitrogens with one attached hydrogen (secondary N) is 2. The number of ether oxygens (including phenoxy) is 1. The molecule has 1 saturated heterocycles. The summed E-state index contributed by atoms with van der Waals surface area (Å²) in [7, 11) is 0. The quantitative estimate of drug-likeness (QED) is 0.644. The molecule has 5 nitrogen and oxygen atoms in total. The molecule has 1 unspecified atom stereocenters. The minimum absolute atomic E-state index is 0.145. The summed E-state index contributed by atoms with van der Waals surface area (Å²) < 4.78 is 32.3. The zero-order valence-corrected chi connectivity index (χ0v) is 15.2. The van der Waals surface area contributed by atoms with Crippen LogP contribution in [0.2, 0.25) is 0 Å². The van der Waals surface area contributed by atoms with E-state index in [1.54, 1.807) is 6.07 Å². The second-order valence-corrected chi connectivity index (χ2v) is 6.60. The molecular formula is C21H20F2N4O. The Bertz CT molecular complexity index is 946. The van der Waals surface area contributed by atoms with Crippen molar-refractivity contribution in [2.75, 3.05) is 23.8 Å². The van der Waals surface area contributed by atoms with Gasteiger partial charge in [-0.25, -0.2) is 13.8 Å². The molecule has 0 bridgehead atoms. The van der Waals surface area contributed by atoms with Crippen molar-refractivity contribution in [3.05, 3.63) is 66.2 Å². The van der Waals surface area contributed by atoms with Crippen LogP contribution in [0, 0.1) is 11.6 Å². The van der Waals surface area contributed by atoms with Gasteiger partial charge in [0.1, 0.15) is 5.82 Å². The molecule has 2 heterocycles. The van der Waals surface area contributed by atoms with Crippen LogP contribution in [-0.4, -0.2) is 29.2 Å². The van der Waals surface area contributed by atoms with E-state index in [-0.39, 0.29) is 6.10 Å². The van der Waals surface area contributed by atoms with Crippen LogP contribution in [0.1, 0.15) is 12.8 Å². The Kier molecular flexibility index (Phi) is 5.43. The maximum absolute atomic E-state index is 13.5. The van der Waals surface area contributed by atoms with Crippen LogP contribution in [-0.2, 0) is 4.74 Å². The number of halogens is 2. The SMILES string of the molecule is Fc1ccc(Nc2cc(-c3ccccc3)nc(NCC3CCCO3)n2)cc1F. The third-order valence-electron chi connectivity index (χ3n) is 4.50. The number of benzene rings is 2. The van der Waals surface area contributed by atoms with Gasteiger partial charge in [-0.05, 0) is 25.0 Å². The normalized spacial score (nSPS) is 16.1. The van der Waals surface area contributed by atoms with Gasteiger partial charge in [-0.2, -0.15) is 4.98 Å². The number of aromatic nitrogens is 2. The smallest absolute Gasteiger partial charge is 0.225 e. The Morgan fingerprint density at radius 2 is 1.86 bits per heavy atom. The van der Waals surface area contributed by atoms with E-state index in [2.05, 4.69) is 20.6 Å². The van der Waals surface area contributed by atoms with Crippen LogP contribution in [0.5, 0.6) is 0 Å². The lowest BCUT2D eigenvalue weighted by Gasteiger charge is -2.14. The summed E-state index contributed by atoms with van der Waals surface area (Å²) >= 11 is 0. The molecule has 144 valence electrons. The second-order valence-electron chi connectivity index (χ2n) is 6.60. The van der Waals surface area contributed by atoms with Crippen molar-refractivity contribution in [3.63, 3.8) is 0 Å². The zero-order valence-electron chi connectivity index (χ0n) is 15.2. The van der Waals surface area contributed by atoms with Gasteiger partial charge in [0.15, 0.2) is 11.6 Å². The number of hydrogen-bond acceptors (Lipinski definition) is 5. The molecule has 0 spiro atoms. The van der Waals surface area contributed by atoms with Crippen molar-refractivity contribution >= 4 is 17.5 Å². The molecule has 2 aromatic carbocycles. The van der Waals surface area contributed by atoms with Crippen LogP contribution in [0.3, 0.4) is 0 Å². The lowest BCUT2D eigenvalue weighted by Crippen LogP contribution is -2.20. The van der Waals surface area contributed by atoms with E-state index in [0.29, 0.717) is 24.0 Å². The Hall–Kier alpha value is -3.06. The minimum Gasteiger partial charge on any atom is -0.376 e. The average molecular weight is 382 g/mol. The molecule has 0 amide bonds. The first-order valence-corrected chi connectivity index (χ1v) is 9.19. The fourth-order valence-corrected chi connectivity index (χ4v) is 3.08. The maximum Gasteiger partial charge on any atom is 0.225 e. The van der Waals surface area contributed by atoms with Crippen molar-refractivity contribution in [3.8, 4) is 11.3 Å². The van der Waals surface area contributed by atoms with E-state index in [4.69, 9.17) is 4.74 Å². The third kappa shape index (κ3) is 4.43. The van der Waals surface area contributed by atoms with E-state index < -0.39 is 11.6 Å². The molecule has 1 aliphatic rings. The predicted molar refractivity (Wildman–Crippen MR) is 105 cm³/mol. The molecule has 0 aliphatic carbocycles. The van der Waals surface area contributed by atoms with Gasteiger partial charge in [0.2, 0.25) is 5.95 Å². The summed E-state index contributed by atoms with van der Waals surface area (Å²) in [6, 6.07) is 15.1. The summed E-state index contributed by atoms with van der Waals surface area (Å²) in [6.07, 6.45) is 2.21. The molecule has 4 rings (SSSR count). The largest absolute Gasteiger partial charge is 0.376 e. The first-order valence-electron chi connectivity index (χ1n) is 9.19. The molecule has 1 aliphatic heterocycles. The van der Waals surface area contributed by atoms with Crippen LogP contribution in [0.15, 0.2) is 54.6 Å². The van der Waals surface area contributed by atoms with Gasteiger partial charge in [-0.3, -0.25) is 0 Å². The van der Waals surface area contributed by atoms with Gasteiger partial charge in [-0.1, -0.05) is 30.3 Å². The molecule has 2 N–H and O–H groups in total. The minimum atomic E-state index is -0.918. The molecule has 0 saturated carbocycles. The highest BCUT2D eigenvalue weighted by molar-refractivity contribution is 5.67. The number of hydrogen-bond donors (Lipinski definition) is 2. The highest BCUT2D eigenvalue weighted by Crippen LogP contribution is 2.24. The zero-order chi connectivity index (χ0) is 19.3. The van der Waals surface area contributed by atoms with Crippen molar-refractivity contribution < 1.29 is 13.5 Å². The fourth-order valence-electron chi connectivity index (χ4n) is 3.08.